The van der Waals surface area contributed by atoms with E-state index >= 15 is 0 Å². The van der Waals surface area contributed by atoms with Crippen molar-refractivity contribution in [1.29, 1.82) is 0 Å². The summed E-state index contributed by atoms with van der Waals surface area (Å²) in [5, 5.41) is 10.1. The first kappa shape index (κ1) is 14.0. The van der Waals surface area contributed by atoms with Gasteiger partial charge in [-0.05, 0) is 31.0 Å². The van der Waals surface area contributed by atoms with Gasteiger partial charge in [-0.25, -0.2) is 4.98 Å². The van der Waals surface area contributed by atoms with Crippen molar-refractivity contribution in [2.45, 2.75) is 13.3 Å². The molecule has 106 valence electrons. The van der Waals surface area contributed by atoms with Gasteiger partial charge in [-0.1, -0.05) is 0 Å². The van der Waals surface area contributed by atoms with Crippen molar-refractivity contribution in [3.05, 3.63) is 41.9 Å². The lowest BCUT2D eigenvalue weighted by Crippen LogP contribution is -2.25. The Morgan fingerprint density at radius 3 is 3.00 bits per heavy atom. The molecule has 0 atom stereocenters. The van der Waals surface area contributed by atoms with Gasteiger partial charge in [0.05, 0.1) is 6.20 Å². The molecule has 20 heavy (non-hydrogen) atoms. The molecule has 0 aliphatic rings. The second-order valence-corrected chi connectivity index (χ2v) is 4.49. The SMILES string of the molecule is CCNc1cc(C(=O)NCCc2cnn(C)c2)ccn1. The summed E-state index contributed by atoms with van der Waals surface area (Å²) in [6.45, 7) is 3.35. The van der Waals surface area contributed by atoms with Crippen molar-refractivity contribution in [2.24, 2.45) is 7.05 Å². The number of amides is 1. The average Bonchev–Trinajstić information content (AvgIpc) is 2.85. The van der Waals surface area contributed by atoms with Crippen molar-refractivity contribution in [1.82, 2.24) is 20.1 Å². The Kier molecular flexibility index (Phi) is 4.70. The summed E-state index contributed by atoms with van der Waals surface area (Å²) >= 11 is 0. The van der Waals surface area contributed by atoms with Gasteiger partial charge in [0.15, 0.2) is 0 Å². The number of hydrogen-bond donors (Lipinski definition) is 2. The number of pyridine rings is 1. The molecule has 0 spiro atoms. The van der Waals surface area contributed by atoms with Crippen LogP contribution in [0, 0.1) is 0 Å². The van der Waals surface area contributed by atoms with Gasteiger partial charge in [-0.3, -0.25) is 9.48 Å². The van der Waals surface area contributed by atoms with Crippen molar-refractivity contribution >= 4 is 11.7 Å². The summed E-state index contributed by atoms with van der Waals surface area (Å²) in [7, 11) is 1.88. The number of anilines is 1. The van der Waals surface area contributed by atoms with Crippen LogP contribution in [-0.2, 0) is 13.5 Å². The molecule has 0 saturated heterocycles. The van der Waals surface area contributed by atoms with Crippen LogP contribution in [0.25, 0.3) is 0 Å². The highest BCUT2D eigenvalue weighted by Crippen LogP contribution is 2.06. The van der Waals surface area contributed by atoms with Crippen molar-refractivity contribution in [2.75, 3.05) is 18.4 Å². The van der Waals surface area contributed by atoms with E-state index in [9.17, 15) is 4.79 Å². The van der Waals surface area contributed by atoms with Crippen LogP contribution in [0.3, 0.4) is 0 Å². The third kappa shape index (κ3) is 3.81. The second kappa shape index (κ2) is 6.70. The lowest BCUT2D eigenvalue weighted by Gasteiger charge is -2.06. The zero-order valence-corrected chi connectivity index (χ0v) is 11.8. The summed E-state index contributed by atoms with van der Waals surface area (Å²) in [5.41, 5.74) is 1.72. The minimum absolute atomic E-state index is 0.0876. The third-order valence-electron chi connectivity index (χ3n) is 2.84. The summed E-state index contributed by atoms with van der Waals surface area (Å²) < 4.78 is 1.75. The lowest BCUT2D eigenvalue weighted by molar-refractivity contribution is 0.0954. The van der Waals surface area contributed by atoms with Gasteiger partial charge in [0.2, 0.25) is 0 Å². The van der Waals surface area contributed by atoms with Gasteiger partial charge < -0.3 is 10.6 Å². The fourth-order valence-electron chi connectivity index (χ4n) is 1.87. The Balaban J connectivity index is 1.86. The Bertz CT molecular complexity index is 578. The Labute approximate surface area is 118 Å². The zero-order chi connectivity index (χ0) is 14.4. The molecule has 0 aromatic carbocycles. The van der Waals surface area contributed by atoms with E-state index in [0.717, 1.165) is 18.5 Å². The standard InChI is InChI=1S/C14H19N5O/c1-3-15-13-8-12(5-7-16-13)14(20)17-6-4-11-9-18-19(2)10-11/h5,7-10H,3-4,6H2,1-2H3,(H,15,16)(H,17,20). The molecule has 0 fully saturated rings. The Hall–Kier alpha value is -2.37. The maximum absolute atomic E-state index is 12.0. The fraction of sp³-hybridized carbons (Fsp3) is 0.357. The van der Waals surface area contributed by atoms with Crippen LogP contribution in [0.4, 0.5) is 5.82 Å². The summed E-state index contributed by atoms with van der Waals surface area (Å²) in [4.78, 5) is 16.1. The summed E-state index contributed by atoms with van der Waals surface area (Å²) in [6.07, 6.45) is 6.16. The first-order valence-corrected chi connectivity index (χ1v) is 6.64. The molecule has 2 aromatic heterocycles. The van der Waals surface area contributed by atoms with Crippen molar-refractivity contribution in [3.8, 4) is 0 Å². The second-order valence-electron chi connectivity index (χ2n) is 4.49. The molecule has 2 N–H and O–H groups in total. The maximum Gasteiger partial charge on any atom is 0.251 e. The molecule has 2 rings (SSSR count). The minimum Gasteiger partial charge on any atom is -0.370 e. The van der Waals surface area contributed by atoms with E-state index in [-0.39, 0.29) is 5.91 Å². The Morgan fingerprint density at radius 1 is 1.45 bits per heavy atom. The highest BCUT2D eigenvalue weighted by Gasteiger charge is 2.06. The van der Waals surface area contributed by atoms with Crippen LogP contribution in [0.2, 0.25) is 0 Å². The van der Waals surface area contributed by atoms with E-state index in [2.05, 4.69) is 20.7 Å². The molecule has 0 aliphatic heterocycles. The number of aryl methyl sites for hydroxylation is 1. The van der Waals surface area contributed by atoms with Gasteiger partial charge in [0.1, 0.15) is 5.82 Å². The van der Waals surface area contributed by atoms with Crippen LogP contribution in [-0.4, -0.2) is 33.8 Å². The Morgan fingerprint density at radius 2 is 2.30 bits per heavy atom. The van der Waals surface area contributed by atoms with Crippen LogP contribution in [0.1, 0.15) is 22.8 Å². The number of nitrogens with zero attached hydrogens (tertiary/aromatic N) is 3. The molecule has 0 aliphatic carbocycles. The monoisotopic (exact) mass is 273 g/mol. The quantitative estimate of drug-likeness (QED) is 0.830. The molecule has 0 saturated carbocycles. The third-order valence-corrected chi connectivity index (χ3v) is 2.84. The average molecular weight is 273 g/mol. The lowest BCUT2D eigenvalue weighted by atomic mass is 10.2. The van der Waals surface area contributed by atoms with Gasteiger partial charge in [0.25, 0.3) is 5.91 Å². The van der Waals surface area contributed by atoms with Crippen LogP contribution < -0.4 is 10.6 Å². The van der Waals surface area contributed by atoms with Crippen molar-refractivity contribution < 1.29 is 4.79 Å². The molecule has 2 heterocycles. The molecular formula is C14H19N5O. The van der Waals surface area contributed by atoms with Crippen LogP contribution in [0.15, 0.2) is 30.7 Å². The van der Waals surface area contributed by atoms with Crippen LogP contribution in [0.5, 0.6) is 0 Å². The van der Waals surface area contributed by atoms with E-state index in [1.165, 1.54) is 0 Å². The van der Waals surface area contributed by atoms with Gasteiger partial charge >= 0.3 is 0 Å². The first-order chi connectivity index (χ1) is 9.69. The van der Waals surface area contributed by atoms with E-state index < -0.39 is 0 Å². The minimum atomic E-state index is -0.0876. The predicted molar refractivity (Wildman–Crippen MR) is 77.6 cm³/mol. The molecule has 1 amide bonds. The maximum atomic E-state index is 12.0. The molecule has 0 unspecified atom stereocenters. The predicted octanol–water partition coefficient (Wildman–Crippen LogP) is 1.22. The van der Waals surface area contributed by atoms with E-state index in [0.29, 0.717) is 17.9 Å². The molecule has 2 aromatic rings. The number of aromatic nitrogens is 3. The number of carbonyl (C=O) groups excluding carboxylic acids is 1. The smallest absolute Gasteiger partial charge is 0.251 e. The normalized spacial score (nSPS) is 10.3. The molecule has 6 nitrogen and oxygen atoms in total. The number of nitrogens with one attached hydrogen (secondary N) is 2. The fourth-order valence-corrected chi connectivity index (χ4v) is 1.87. The summed E-state index contributed by atoms with van der Waals surface area (Å²) in [5.74, 6) is 0.628. The largest absolute Gasteiger partial charge is 0.370 e. The zero-order valence-electron chi connectivity index (χ0n) is 11.8. The highest BCUT2D eigenvalue weighted by molar-refractivity contribution is 5.94. The molecule has 0 bridgehead atoms. The molecule has 6 heteroatoms. The summed E-state index contributed by atoms with van der Waals surface area (Å²) in [6, 6.07) is 3.46. The van der Waals surface area contributed by atoms with E-state index in [1.54, 1.807) is 23.0 Å². The number of carbonyl (C=O) groups is 1. The van der Waals surface area contributed by atoms with Gasteiger partial charge in [-0.2, -0.15) is 5.10 Å². The van der Waals surface area contributed by atoms with Gasteiger partial charge in [-0.15, -0.1) is 0 Å². The van der Waals surface area contributed by atoms with E-state index in [4.69, 9.17) is 0 Å². The molecule has 0 radical (unpaired) electrons. The van der Waals surface area contributed by atoms with Crippen molar-refractivity contribution in [3.63, 3.8) is 0 Å². The van der Waals surface area contributed by atoms with E-state index in [1.807, 2.05) is 26.4 Å². The molecular weight excluding hydrogens is 254 g/mol. The van der Waals surface area contributed by atoms with Gasteiger partial charge in [0, 0.05) is 38.1 Å². The number of rotatable bonds is 6. The number of hydrogen-bond acceptors (Lipinski definition) is 4. The topological polar surface area (TPSA) is 71.8 Å². The first-order valence-electron chi connectivity index (χ1n) is 6.64. The highest BCUT2D eigenvalue weighted by atomic mass is 16.1. The van der Waals surface area contributed by atoms with Crippen LogP contribution >= 0.6 is 0 Å².